The Hall–Kier alpha value is -9.38. The average molecular weight is 1850 g/mol. The Morgan fingerprint density at radius 2 is 0.712 bits per heavy atom. The molecule has 0 aliphatic carbocycles. The summed E-state index contributed by atoms with van der Waals surface area (Å²) in [6.45, 7) is 13.7. The number of amides is 1. The van der Waals surface area contributed by atoms with E-state index in [1.165, 1.54) is 44.0 Å². The summed E-state index contributed by atoms with van der Waals surface area (Å²) in [7, 11) is 4.36. The van der Waals surface area contributed by atoms with Gasteiger partial charge in [-0.15, -0.1) is 57.8 Å². The maximum absolute atomic E-state index is 12.8. The molecule has 5 N–H and O–H groups in total. The molecule has 4 aromatic carbocycles. The number of aromatic amines is 4. The van der Waals surface area contributed by atoms with E-state index in [4.69, 9.17) is 0 Å². The van der Waals surface area contributed by atoms with Crippen LogP contribution in [0, 0.1) is 13.3 Å². The Morgan fingerprint density at radius 1 is 0.424 bits per heavy atom. The van der Waals surface area contributed by atoms with E-state index in [-0.39, 0.29) is 73.6 Å². The first-order valence-electron chi connectivity index (χ1n) is 38.4. The summed E-state index contributed by atoms with van der Waals surface area (Å²) in [6, 6.07) is 39.6. The van der Waals surface area contributed by atoms with Crippen molar-refractivity contribution in [2.24, 2.45) is 5.92 Å². The van der Waals surface area contributed by atoms with Gasteiger partial charge in [-0.1, -0.05) is 41.1 Å². The summed E-state index contributed by atoms with van der Waals surface area (Å²) in [6.07, 6.45) is 16.4. The predicted molar refractivity (Wildman–Crippen MR) is 486 cm³/mol. The molecule has 1 amide bonds. The van der Waals surface area contributed by atoms with Crippen molar-refractivity contribution in [3.63, 3.8) is 0 Å². The predicted octanol–water partition coefficient (Wildman–Crippen LogP) is 18.6. The second kappa shape index (κ2) is 40.1. The standard InChI is InChI=1S/C22H20N4O2S.C21H20N4OS.C20H18N4OS.C15H8BrN3OS.C7H15N.C2H3ClO.CH3.ClH.Pd/c1-13(27)26-7-4-14(5-8-26)15-2-3-18-17(10-15)22(28)25-21(24-18)19-11-16-6-9-29-20(16)12-23-19;1-25-7-4-13(5-8-25)14-2-3-17-16(10-14)21(26)24-20(23-17)18-11-15-6-9-27-19(15)12-22-18;25-20-15-9-13(12-3-6-21-7-4-12)1-2-16(15)23-19(24-20)17-10-14-5-8-26-18(14)11-22-17;16-9-1-2-11-10(6-9)15(20)19-14(18-11)12-5-8-3-4-21-13(8)7-17-12;1-7-3-5-8(2)6-4-7;1-2(3)4;;;/h2-3,6,9-12,14H,4-5,7-8H2,1H3,(H,24,25,28);2-3,6,9-13H,4-5,7-8H2,1H3,(H,23,24,26);1-2,5,8-12,21H,3-4,6-7H2,(H,23,24,25);1-7H,(H,18,19,20);7H,3-6H2,1-2H3;1H3;1H3;1H;/q;;;;;;-1;;. The number of halogens is 3. The third-order valence-electron chi connectivity index (χ3n) is 21.6. The van der Waals surface area contributed by atoms with Crippen LogP contribution < -0.4 is 27.6 Å². The van der Waals surface area contributed by atoms with E-state index in [0.29, 0.717) is 102 Å². The molecule has 12 aromatic heterocycles. The minimum atomic E-state index is -0.361. The van der Waals surface area contributed by atoms with Gasteiger partial charge in [-0.2, -0.15) is 0 Å². The van der Waals surface area contributed by atoms with Gasteiger partial charge in [0.25, 0.3) is 22.2 Å². The van der Waals surface area contributed by atoms with Crippen LogP contribution in [0.15, 0.2) is 191 Å². The molecule has 0 saturated carbocycles. The van der Waals surface area contributed by atoms with Crippen molar-refractivity contribution in [2.45, 2.75) is 89.9 Å². The number of nitrogens with zero attached hydrogens (tertiary/aromatic N) is 11. The Bertz CT molecular complexity index is 6490. The summed E-state index contributed by atoms with van der Waals surface area (Å²) in [5.74, 6) is 4.51. The average Bonchev–Trinajstić information content (AvgIpc) is 1.01. The first-order chi connectivity index (χ1) is 55.7. The fourth-order valence-corrected chi connectivity index (χ4v) is 18.3. The summed E-state index contributed by atoms with van der Waals surface area (Å²) in [5.41, 5.74) is 8.57. The molecular weight excluding hydrogens is 1760 g/mol. The molecule has 0 radical (unpaired) electrons. The second-order valence-corrected chi connectivity index (χ2v) is 34.8. The van der Waals surface area contributed by atoms with Crippen molar-refractivity contribution >= 4 is 180 Å². The fraction of sp³-hybridized carbons (Fsp3) is 0.284. The zero-order chi connectivity index (χ0) is 79.8. The molecule has 4 aliphatic rings. The number of rotatable bonds is 7. The van der Waals surface area contributed by atoms with Crippen LogP contribution in [0.3, 0.4) is 0 Å². The number of benzene rings is 4. The van der Waals surface area contributed by atoms with Crippen molar-refractivity contribution in [3.8, 4) is 46.1 Å². The summed E-state index contributed by atoms with van der Waals surface area (Å²) < 4.78 is 5.34. The van der Waals surface area contributed by atoms with Crippen LogP contribution >= 0.6 is 85.3 Å². The molecular formula is C88H88BrCl2N16O6PdS4-. The van der Waals surface area contributed by atoms with E-state index in [0.717, 1.165) is 140 Å². The van der Waals surface area contributed by atoms with Crippen molar-refractivity contribution in [3.05, 3.63) is 238 Å². The maximum atomic E-state index is 12.8. The monoisotopic (exact) mass is 1850 g/mol. The smallest absolute Gasteiger partial charge is 0.259 e. The normalized spacial score (nSPS) is 15.0. The molecule has 16 aromatic rings. The largest absolute Gasteiger partial charge is 0.358 e. The number of thiophene rings is 4. The quantitative estimate of drug-likeness (QED) is 0.0563. The van der Waals surface area contributed by atoms with E-state index in [1.807, 2.05) is 130 Å². The number of fused-ring (bicyclic) bond motifs is 8. The van der Waals surface area contributed by atoms with E-state index in [9.17, 15) is 28.8 Å². The van der Waals surface area contributed by atoms with Crippen LogP contribution in [0.25, 0.3) is 130 Å². The number of H-pyrrole nitrogens is 4. The Balaban J connectivity index is 0.000000137. The zero-order valence-corrected chi connectivity index (χ0v) is 73.8. The van der Waals surface area contributed by atoms with Gasteiger partial charge in [0.1, 0.15) is 22.8 Å². The molecule has 4 aliphatic heterocycles. The van der Waals surface area contributed by atoms with E-state index in [2.05, 4.69) is 154 Å². The van der Waals surface area contributed by atoms with Crippen LogP contribution in [0.4, 0.5) is 0 Å². The SMILES string of the molecule is CC(=O)Cl.CC(=O)N1CCC(c2ccc3nc(-c4cc5ccsc5cn4)[nH]c(=O)c3c2)CC1.CC1CCN(C)CC1.CN1CCC(c2ccc3nc(-c4cc5ccsc5cn4)[nH]c(=O)c3c2)CC1.Cl.O=c1[nH]c(-c2cc3ccsc3cn2)nc2ccc(Br)cc12.O=c1[nH]c(-c2cc3ccsc3cn2)nc2ccc(C3CCNCC3)cc12.[CH3-].[Pd]. The van der Waals surface area contributed by atoms with Gasteiger partial charge in [-0.05, 0) is 303 Å². The van der Waals surface area contributed by atoms with Crippen LogP contribution in [-0.2, 0) is 30.0 Å². The third-order valence-corrected chi connectivity index (χ3v) is 25.6. The number of carbonyl (C=O) groups is 2. The van der Waals surface area contributed by atoms with Crippen LogP contribution in [0.2, 0.25) is 0 Å². The molecule has 22 nitrogen and oxygen atoms in total. The molecule has 0 atom stereocenters. The van der Waals surface area contributed by atoms with Gasteiger partial charge in [-0.25, -0.2) is 19.9 Å². The van der Waals surface area contributed by atoms with Crippen molar-refractivity contribution in [1.82, 2.24) is 79.8 Å². The molecule has 0 spiro atoms. The number of carbonyl (C=O) groups excluding carboxylic acids is 2. The maximum Gasteiger partial charge on any atom is 0.259 e. The molecule has 16 heterocycles. The molecule has 0 bridgehead atoms. The molecule has 20 rings (SSSR count). The first kappa shape index (κ1) is 87.9. The van der Waals surface area contributed by atoms with Gasteiger partial charge in [0, 0.05) is 76.6 Å². The van der Waals surface area contributed by atoms with Crippen LogP contribution in [-0.4, -0.2) is 152 Å². The molecule has 30 heteroatoms. The van der Waals surface area contributed by atoms with Gasteiger partial charge in [0.05, 0.1) is 62.4 Å². The van der Waals surface area contributed by atoms with E-state index < -0.39 is 0 Å². The van der Waals surface area contributed by atoms with Gasteiger partial charge in [-0.3, -0.25) is 48.7 Å². The van der Waals surface area contributed by atoms with Crippen LogP contribution in [0.5, 0.6) is 0 Å². The number of aromatic nitrogens is 12. The molecule has 118 heavy (non-hydrogen) atoms. The molecule has 0 unspecified atom stereocenters. The Kier molecular flexibility index (Phi) is 29.9. The number of piperidine rings is 4. The van der Waals surface area contributed by atoms with Gasteiger partial charge < -0.3 is 47.4 Å². The molecule has 4 fully saturated rings. The minimum absolute atomic E-state index is 0. The van der Waals surface area contributed by atoms with Crippen molar-refractivity contribution in [2.75, 3.05) is 66.5 Å². The number of likely N-dealkylation sites (tertiary alicyclic amines) is 3. The van der Waals surface area contributed by atoms with Crippen molar-refractivity contribution < 1.29 is 30.0 Å². The Labute approximate surface area is 730 Å². The van der Waals surface area contributed by atoms with E-state index >= 15 is 0 Å². The minimum Gasteiger partial charge on any atom is -0.358 e. The molecule has 4 saturated heterocycles. The third kappa shape index (κ3) is 21.2. The van der Waals surface area contributed by atoms with Crippen molar-refractivity contribution in [1.29, 1.82) is 0 Å². The second-order valence-electron chi connectivity index (χ2n) is 29.6. The zero-order valence-electron chi connectivity index (χ0n) is 65.8. The Morgan fingerprint density at radius 3 is 1.03 bits per heavy atom. The van der Waals surface area contributed by atoms with Gasteiger partial charge in [0.2, 0.25) is 11.1 Å². The van der Waals surface area contributed by atoms with Crippen LogP contribution in [0.1, 0.15) is 107 Å². The number of hydrogen-bond donors (Lipinski definition) is 5. The summed E-state index contributed by atoms with van der Waals surface area (Å²) in [5, 5.41) is 18.0. The first-order valence-corrected chi connectivity index (χ1v) is 43.1. The fourth-order valence-electron chi connectivity index (χ4n) is 15.0. The number of hydrogen-bond acceptors (Lipinski definition) is 21. The van der Waals surface area contributed by atoms with Gasteiger partial charge >= 0.3 is 0 Å². The summed E-state index contributed by atoms with van der Waals surface area (Å²) >= 11 is 14.6. The van der Waals surface area contributed by atoms with E-state index in [1.54, 1.807) is 64.5 Å². The molecule has 612 valence electrons. The number of pyridine rings is 4. The summed E-state index contributed by atoms with van der Waals surface area (Å²) in [4.78, 5) is 126. The number of nitrogens with one attached hydrogen (secondary N) is 5. The van der Waals surface area contributed by atoms with Gasteiger partial charge in [0.15, 0.2) is 23.3 Å². The topological polar surface area (TPSA) is 290 Å².